The van der Waals surface area contributed by atoms with E-state index in [1.54, 1.807) is 0 Å². The molecule has 0 bridgehead atoms. The summed E-state index contributed by atoms with van der Waals surface area (Å²) in [7, 11) is 0. The third-order valence-electron chi connectivity index (χ3n) is 3.86. The minimum absolute atomic E-state index is 0.430. The first-order valence-electron chi connectivity index (χ1n) is 7.24. The zero-order valence-electron chi connectivity index (χ0n) is 11.7. The molecule has 0 aliphatic carbocycles. The second kappa shape index (κ2) is 5.62. The van der Waals surface area contributed by atoms with E-state index < -0.39 is 0 Å². The van der Waals surface area contributed by atoms with Crippen LogP contribution >= 0.6 is 11.8 Å². The van der Waals surface area contributed by atoms with Gasteiger partial charge in [0.15, 0.2) is 11.5 Å². The van der Waals surface area contributed by atoms with Crippen LogP contribution in [0.2, 0.25) is 0 Å². The molecule has 1 unspecified atom stereocenters. The van der Waals surface area contributed by atoms with Crippen LogP contribution < -0.4 is 14.8 Å². The molecule has 2 aromatic rings. The van der Waals surface area contributed by atoms with Crippen LogP contribution in [-0.4, -0.2) is 19.0 Å². The van der Waals surface area contributed by atoms with Crippen LogP contribution in [0, 0.1) is 0 Å². The van der Waals surface area contributed by atoms with Crippen LogP contribution in [0.4, 0.5) is 0 Å². The molecule has 21 heavy (non-hydrogen) atoms. The summed E-state index contributed by atoms with van der Waals surface area (Å²) in [6, 6.07) is 15.3. The molecule has 108 valence electrons. The van der Waals surface area contributed by atoms with E-state index in [1.165, 1.54) is 16.0 Å². The Morgan fingerprint density at radius 2 is 1.90 bits per heavy atom. The standard InChI is InChI=1S/C17H17NO2S/c1-2-4-17-13(3-1)14(11-21-17)18-10-12-5-6-15-16(9-12)20-8-7-19-15/h1-6,9,14,18H,7-8,10-11H2. The molecule has 2 aliphatic heterocycles. The number of hydrogen-bond donors (Lipinski definition) is 1. The topological polar surface area (TPSA) is 30.5 Å². The van der Waals surface area contributed by atoms with Crippen molar-refractivity contribution < 1.29 is 9.47 Å². The van der Waals surface area contributed by atoms with Gasteiger partial charge in [-0.3, -0.25) is 0 Å². The Kier molecular flexibility index (Phi) is 3.49. The first-order chi connectivity index (χ1) is 10.4. The average Bonchev–Trinajstić information content (AvgIpc) is 2.96. The highest BCUT2D eigenvalue weighted by Gasteiger charge is 2.22. The van der Waals surface area contributed by atoms with E-state index in [0.717, 1.165) is 23.8 Å². The van der Waals surface area contributed by atoms with Crippen molar-refractivity contribution in [1.29, 1.82) is 0 Å². The Bertz CT molecular complexity index is 659. The summed E-state index contributed by atoms with van der Waals surface area (Å²) in [6.45, 7) is 2.12. The van der Waals surface area contributed by atoms with Gasteiger partial charge < -0.3 is 14.8 Å². The van der Waals surface area contributed by atoms with E-state index >= 15 is 0 Å². The van der Waals surface area contributed by atoms with Crippen LogP contribution in [0.3, 0.4) is 0 Å². The number of rotatable bonds is 3. The van der Waals surface area contributed by atoms with Crippen molar-refractivity contribution in [1.82, 2.24) is 5.32 Å². The molecule has 4 rings (SSSR count). The summed E-state index contributed by atoms with van der Waals surface area (Å²) in [4.78, 5) is 1.40. The molecule has 0 saturated carbocycles. The molecule has 2 aliphatic rings. The number of hydrogen-bond acceptors (Lipinski definition) is 4. The summed E-state index contributed by atoms with van der Waals surface area (Å²) in [5.41, 5.74) is 2.65. The zero-order chi connectivity index (χ0) is 14.1. The largest absolute Gasteiger partial charge is 0.486 e. The minimum atomic E-state index is 0.430. The summed E-state index contributed by atoms with van der Waals surface area (Å²) in [5, 5.41) is 3.64. The predicted molar refractivity (Wildman–Crippen MR) is 84.2 cm³/mol. The molecule has 2 heterocycles. The van der Waals surface area contributed by atoms with Crippen molar-refractivity contribution in [3.63, 3.8) is 0 Å². The summed E-state index contributed by atoms with van der Waals surface area (Å²) in [6.07, 6.45) is 0. The van der Waals surface area contributed by atoms with Gasteiger partial charge >= 0.3 is 0 Å². The molecule has 2 aromatic carbocycles. The van der Waals surface area contributed by atoms with Crippen molar-refractivity contribution in [2.24, 2.45) is 0 Å². The molecule has 0 fully saturated rings. The molecule has 0 radical (unpaired) electrons. The van der Waals surface area contributed by atoms with Gasteiger partial charge in [-0.1, -0.05) is 24.3 Å². The van der Waals surface area contributed by atoms with Crippen molar-refractivity contribution in [3.05, 3.63) is 53.6 Å². The molecule has 1 N–H and O–H groups in total. The van der Waals surface area contributed by atoms with Crippen molar-refractivity contribution in [2.45, 2.75) is 17.5 Å². The lowest BCUT2D eigenvalue weighted by molar-refractivity contribution is 0.171. The molecule has 0 saturated heterocycles. The highest BCUT2D eigenvalue weighted by atomic mass is 32.2. The average molecular weight is 299 g/mol. The van der Waals surface area contributed by atoms with E-state index in [2.05, 4.69) is 41.7 Å². The third-order valence-corrected chi connectivity index (χ3v) is 5.04. The lowest BCUT2D eigenvalue weighted by Crippen LogP contribution is -2.21. The maximum absolute atomic E-state index is 5.64. The maximum Gasteiger partial charge on any atom is 0.161 e. The van der Waals surface area contributed by atoms with Crippen molar-refractivity contribution >= 4 is 11.8 Å². The number of fused-ring (bicyclic) bond motifs is 2. The summed E-state index contributed by atoms with van der Waals surface area (Å²) >= 11 is 1.93. The van der Waals surface area contributed by atoms with Gasteiger partial charge in [-0.05, 0) is 29.3 Å². The number of thioether (sulfide) groups is 1. The highest BCUT2D eigenvalue weighted by Crippen LogP contribution is 2.38. The maximum atomic E-state index is 5.64. The molecule has 3 nitrogen and oxygen atoms in total. The number of ether oxygens (including phenoxy) is 2. The minimum Gasteiger partial charge on any atom is -0.486 e. The summed E-state index contributed by atoms with van der Waals surface area (Å²) < 4.78 is 11.2. The SMILES string of the molecule is c1ccc2c(c1)SCC2NCc1ccc2c(c1)OCCO2. The van der Waals surface area contributed by atoms with E-state index in [9.17, 15) is 0 Å². The van der Waals surface area contributed by atoms with E-state index in [0.29, 0.717) is 19.3 Å². The van der Waals surface area contributed by atoms with Gasteiger partial charge in [0.1, 0.15) is 13.2 Å². The Morgan fingerprint density at radius 3 is 2.86 bits per heavy atom. The monoisotopic (exact) mass is 299 g/mol. The van der Waals surface area contributed by atoms with Crippen LogP contribution in [0.15, 0.2) is 47.4 Å². The van der Waals surface area contributed by atoms with Crippen molar-refractivity contribution in [2.75, 3.05) is 19.0 Å². The Hall–Kier alpha value is -1.65. The van der Waals surface area contributed by atoms with Crippen LogP contribution in [0.1, 0.15) is 17.2 Å². The van der Waals surface area contributed by atoms with Gasteiger partial charge in [0.25, 0.3) is 0 Å². The second-order valence-corrected chi connectivity index (χ2v) is 6.32. The first-order valence-corrected chi connectivity index (χ1v) is 8.22. The summed E-state index contributed by atoms with van der Waals surface area (Å²) in [5.74, 6) is 2.82. The lowest BCUT2D eigenvalue weighted by atomic mass is 10.1. The Morgan fingerprint density at radius 1 is 1.05 bits per heavy atom. The first kappa shape index (κ1) is 13.0. The normalized spacial score (nSPS) is 19.3. The van der Waals surface area contributed by atoms with Crippen LogP contribution in [0.5, 0.6) is 11.5 Å². The molecular weight excluding hydrogens is 282 g/mol. The lowest BCUT2D eigenvalue weighted by Gasteiger charge is -2.19. The molecule has 0 amide bonds. The van der Waals surface area contributed by atoms with E-state index in [-0.39, 0.29) is 0 Å². The third kappa shape index (κ3) is 2.61. The van der Waals surface area contributed by atoms with Crippen LogP contribution in [0.25, 0.3) is 0 Å². The van der Waals surface area contributed by atoms with Gasteiger partial charge in [0.05, 0.1) is 0 Å². The van der Waals surface area contributed by atoms with Gasteiger partial charge in [-0.2, -0.15) is 0 Å². The second-order valence-electron chi connectivity index (χ2n) is 5.26. The van der Waals surface area contributed by atoms with Gasteiger partial charge in [-0.15, -0.1) is 11.8 Å². The molecule has 0 spiro atoms. The molecule has 4 heteroatoms. The molecular formula is C17H17NO2S. The highest BCUT2D eigenvalue weighted by molar-refractivity contribution is 7.99. The van der Waals surface area contributed by atoms with Crippen LogP contribution in [-0.2, 0) is 6.54 Å². The predicted octanol–water partition coefficient (Wildman–Crippen LogP) is 3.39. The number of benzene rings is 2. The Labute approximate surface area is 128 Å². The fourth-order valence-electron chi connectivity index (χ4n) is 2.77. The molecule has 1 atom stereocenters. The molecule has 0 aromatic heterocycles. The van der Waals surface area contributed by atoms with Gasteiger partial charge in [0, 0.05) is 23.2 Å². The van der Waals surface area contributed by atoms with Crippen molar-refractivity contribution in [3.8, 4) is 11.5 Å². The quantitative estimate of drug-likeness (QED) is 0.941. The van der Waals surface area contributed by atoms with E-state index in [4.69, 9.17) is 9.47 Å². The fraction of sp³-hybridized carbons (Fsp3) is 0.294. The van der Waals surface area contributed by atoms with E-state index in [1.807, 2.05) is 17.8 Å². The number of nitrogens with one attached hydrogen (secondary N) is 1. The smallest absolute Gasteiger partial charge is 0.161 e. The zero-order valence-corrected chi connectivity index (χ0v) is 12.5. The van der Waals surface area contributed by atoms with Gasteiger partial charge in [-0.25, -0.2) is 0 Å². The van der Waals surface area contributed by atoms with Gasteiger partial charge in [0.2, 0.25) is 0 Å². The Balaban J connectivity index is 1.46. The fourth-order valence-corrected chi connectivity index (χ4v) is 3.97.